The Hall–Kier alpha value is -1.24. The number of piperidine rings is 1. The molecule has 2 fully saturated rings. The molecule has 4 heteroatoms. The van der Waals surface area contributed by atoms with Gasteiger partial charge in [-0.25, -0.2) is 4.79 Å². The van der Waals surface area contributed by atoms with Crippen molar-refractivity contribution in [2.75, 3.05) is 13.1 Å². The molecule has 1 aliphatic heterocycles. The van der Waals surface area contributed by atoms with Gasteiger partial charge in [0.15, 0.2) is 0 Å². The second-order valence-electron chi connectivity index (χ2n) is 6.38. The first kappa shape index (κ1) is 13.2. The van der Waals surface area contributed by atoms with Gasteiger partial charge in [0.25, 0.3) is 0 Å². The Labute approximate surface area is 109 Å². The van der Waals surface area contributed by atoms with Gasteiger partial charge in [0, 0.05) is 13.1 Å². The second-order valence-corrected chi connectivity index (χ2v) is 6.38. The number of nitrogens with zero attached hydrogens (tertiary/aromatic N) is 2. The highest BCUT2D eigenvalue weighted by molar-refractivity contribution is 5.68. The zero-order valence-corrected chi connectivity index (χ0v) is 11.4. The first-order chi connectivity index (χ1) is 8.36. The minimum Gasteiger partial charge on any atom is -0.444 e. The number of carbonyl (C=O) groups is 1. The fourth-order valence-corrected chi connectivity index (χ4v) is 2.73. The number of ether oxygens (including phenoxy) is 1. The summed E-state index contributed by atoms with van der Waals surface area (Å²) in [5.74, 6) is 0.0817. The van der Waals surface area contributed by atoms with Crippen LogP contribution in [0.3, 0.4) is 0 Å². The summed E-state index contributed by atoms with van der Waals surface area (Å²) in [6.07, 6.45) is 4.72. The zero-order chi connectivity index (χ0) is 13.4. The topological polar surface area (TPSA) is 53.3 Å². The van der Waals surface area contributed by atoms with Crippen molar-refractivity contribution in [3.8, 4) is 6.07 Å². The number of hydrogen-bond acceptors (Lipinski definition) is 3. The van der Waals surface area contributed by atoms with Crippen LogP contribution in [-0.4, -0.2) is 29.7 Å². The lowest BCUT2D eigenvalue weighted by Crippen LogP contribution is -2.51. The van der Waals surface area contributed by atoms with Gasteiger partial charge in [-0.05, 0) is 51.9 Å². The molecule has 0 aromatic rings. The predicted molar refractivity (Wildman–Crippen MR) is 67.5 cm³/mol. The molecule has 0 aromatic carbocycles. The highest BCUT2D eigenvalue weighted by Gasteiger charge is 2.49. The van der Waals surface area contributed by atoms with Crippen molar-refractivity contribution in [1.29, 1.82) is 5.26 Å². The molecule has 0 aromatic heterocycles. The molecule has 1 aliphatic carbocycles. The van der Waals surface area contributed by atoms with Crippen LogP contribution in [-0.2, 0) is 4.74 Å². The Morgan fingerprint density at radius 1 is 1.44 bits per heavy atom. The molecule has 2 aliphatic rings. The molecule has 18 heavy (non-hydrogen) atoms. The molecular formula is C14H21N2O2. The molecular weight excluding hydrogens is 228 g/mol. The molecule has 2 rings (SSSR count). The van der Waals surface area contributed by atoms with Crippen LogP contribution in [0.15, 0.2) is 0 Å². The third-order valence-electron chi connectivity index (χ3n) is 3.97. The Balaban J connectivity index is 1.88. The summed E-state index contributed by atoms with van der Waals surface area (Å²) in [5.41, 5.74) is -0.293. The molecule has 1 unspecified atom stereocenters. The lowest BCUT2D eigenvalue weighted by atomic mass is 9.56. The molecule has 0 N–H and O–H groups in total. The standard InChI is InChI=1S/C14H21N2O2/c1-13(2,3)18-12(17)16-8-6-14(7-9-16)5-4-11(14)10-15/h4,11H,5-9H2,1-3H3. The summed E-state index contributed by atoms with van der Waals surface area (Å²) in [6.45, 7) is 7.05. The molecule has 1 atom stereocenters. The number of amides is 1. The molecule has 1 saturated heterocycles. The van der Waals surface area contributed by atoms with Crippen LogP contribution in [0.4, 0.5) is 4.79 Å². The number of hydrogen-bond donors (Lipinski definition) is 0. The van der Waals surface area contributed by atoms with E-state index in [1.807, 2.05) is 20.8 Å². The van der Waals surface area contributed by atoms with E-state index in [0.717, 1.165) is 19.3 Å². The second kappa shape index (κ2) is 4.46. The Morgan fingerprint density at radius 3 is 2.44 bits per heavy atom. The van der Waals surface area contributed by atoms with Gasteiger partial charge in [-0.2, -0.15) is 5.26 Å². The first-order valence-corrected chi connectivity index (χ1v) is 6.57. The van der Waals surface area contributed by atoms with Gasteiger partial charge < -0.3 is 9.64 Å². The summed E-state index contributed by atoms with van der Waals surface area (Å²) in [6, 6.07) is 2.35. The normalized spacial score (nSPS) is 26.3. The predicted octanol–water partition coefficient (Wildman–Crippen LogP) is 2.75. The summed E-state index contributed by atoms with van der Waals surface area (Å²) in [7, 11) is 0. The molecule has 0 bridgehead atoms. The number of carbonyl (C=O) groups excluding carboxylic acids is 1. The maximum atomic E-state index is 11.9. The summed E-state index contributed by atoms with van der Waals surface area (Å²) in [4.78, 5) is 13.7. The number of nitriles is 1. The lowest BCUT2D eigenvalue weighted by molar-refractivity contribution is -0.00533. The van der Waals surface area contributed by atoms with Crippen LogP contribution in [0.1, 0.15) is 40.0 Å². The van der Waals surface area contributed by atoms with Crippen LogP contribution >= 0.6 is 0 Å². The Kier molecular flexibility index (Phi) is 3.27. The molecule has 1 heterocycles. The van der Waals surface area contributed by atoms with Crippen LogP contribution in [0, 0.1) is 29.1 Å². The van der Waals surface area contributed by atoms with Gasteiger partial charge in [-0.15, -0.1) is 0 Å². The van der Waals surface area contributed by atoms with E-state index in [9.17, 15) is 4.79 Å². The highest BCUT2D eigenvalue weighted by atomic mass is 16.6. The van der Waals surface area contributed by atoms with Gasteiger partial charge in [0.1, 0.15) is 5.60 Å². The minimum absolute atomic E-state index is 0.0817. The summed E-state index contributed by atoms with van der Waals surface area (Å²) < 4.78 is 5.36. The average Bonchev–Trinajstić information content (AvgIpc) is 2.26. The van der Waals surface area contributed by atoms with E-state index in [4.69, 9.17) is 10.00 Å². The zero-order valence-electron chi connectivity index (χ0n) is 11.4. The molecule has 1 spiro atoms. The summed E-state index contributed by atoms with van der Waals surface area (Å²) >= 11 is 0. The molecule has 4 nitrogen and oxygen atoms in total. The van der Waals surface area contributed by atoms with Gasteiger partial charge in [0.2, 0.25) is 0 Å². The molecule has 99 valence electrons. The lowest BCUT2D eigenvalue weighted by Gasteiger charge is -2.50. The monoisotopic (exact) mass is 249 g/mol. The van der Waals surface area contributed by atoms with Crippen molar-refractivity contribution in [2.45, 2.75) is 45.6 Å². The third-order valence-corrected chi connectivity index (χ3v) is 3.97. The Bertz CT molecular complexity index is 370. The van der Waals surface area contributed by atoms with Crippen LogP contribution in [0.25, 0.3) is 0 Å². The van der Waals surface area contributed by atoms with Crippen LogP contribution in [0.2, 0.25) is 0 Å². The van der Waals surface area contributed by atoms with Crippen molar-refractivity contribution < 1.29 is 9.53 Å². The number of rotatable bonds is 0. The van der Waals surface area contributed by atoms with E-state index >= 15 is 0 Å². The van der Waals surface area contributed by atoms with Crippen molar-refractivity contribution in [3.63, 3.8) is 0 Å². The van der Waals surface area contributed by atoms with Gasteiger partial charge in [-0.3, -0.25) is 0 Å². The smallest absolute Gasteiger partial charge is 0.410 e. The van der Waals surface area contributed by atoms with E-state index < -0.39 is 5.60 Å². The maximum Gasteiger partial charge on any atom is 0.410 e. The minimum atomic E-state index is -0.439. The van der Waals surface area contributed by atoms with E-state index in [-0.39, 0.29) is 17.4 Å². The van der Waals surface area contributed by atoms with E-state index in [2.05, 4.69) is 12.5 Å². The van der Waals surface area contributed by atoms with Crippen LogP contribution in [0.5, 0.6) is 0 Å². The first-order valence-electron chi connectivity index (χ1n) is 6.57. The largest absolute Gasteiger partial charge is 0.444 e. The molecule has 1 amide bonds. The maximum absolute atomic E-state index is 11.9. The summed E-state index contributed by atoms with van der Waals surface area (Å²) in [5, 5.41) is 9.04. The van der Waals surface area contributed by atoms with E-state index in [0.29, 0.717) is 13.1 Å². The fourth-order valence-electron chi connectivity index (χ4n) is 2.73. The average molecular weight is 249 g/mol. The van der Waals surface area contributed by atoms with Crippen LogP contribution < -0.4 is 0 Å². The van der Waals surface area contributed by atoms with Crippen molar-refractivity contribution in [2.24, 2.45) is 11.3 Å². The molecule has 1 radical (unpaired) electrons. The van der Waals surface area contributed by atoms with Gasteiger partial charge >= 0.3 is 6.09 Å². The number of likely N-dealkylation sites (tertiary alicyclic amines) is 1. The SMILES string of the molecule is CC(C)(C)OC(=O)N1CCC2(C[CH]C2C#N)CC1. The third kappa shape index (κ3) is 2.45. The van der Waals surface area contributed by atoms with E-state index in [1.54, 1.807) is 4.90 Å². The van der Waals surface area contributed by atoms with Gasteiger partial charge in [-0.1, -0.05) is 0 Å². The Morgan fingerprint density at radius 2 is 2.06 bits per heavy atom. The van der Waals surface area contributed by atoms with Crippen molar-refractivity contribution in [3.05, 3.63) is 6.42 Å². The highest BCUT2D eigenvalue weighted by Crippen LogP contribution is 2.52. The van der Waals surface area contributed by atoms with Gasteiger partial charge in [0.05, 0.1) is 12.0 Å². The van der Waals surface area contributed by atoms with Crippen molar-refractivity contribution >= 4 is 6.09 Å². The quantitative estimate of drug-likeness (QED) is 0.663. The molecule has 1 saturated carbocycles. The van der Waals surface area contributed by atoms with E-state index in [1.165, 1.54) is 0 Å². The fraction of sp³-hybridized carbons (Fsp3) is 0.786. The van der Waals surface area contributed by atoms with Crippen molar-refractivity contribution in [1.82, 2.24) is 4.90 Å².